The number of hydrogen-bond acceptors (Lipinski definition) is 5. The van der Waals surface area contributed by atoms with E-state index in [1.165, 1.54) is 25.1 Å². The first kappa shape index (κ1) is 13.5. The lowest BCUT2D eigenvalue weighted by molar-refractivity contribution is 0.0596. The molecule has 0 bridgehead atoms. The summed E-state index contributed by atoms with van der Waals surface area (Å²) in [4.78, 5) is 19.3. The van der Waals surface area contributed by atoms with Crippen molar-refractivity contribution in [3.8, 4) is 0 Å². The fourth-order valence-electron chi connectivity index (χ4n) is 2.01. The summed E-state index contributed by atoms with van der Waals surface area (Å²) >= 11 is 1.37. The summed E-state index contributed by atoms with van der Waals surface area (Å²) in [5.74, 6) is -0.451. The second-order valence-corrected chi connectivity index (χ2v) is 5.47. The highest BCUT2D eigenvalue weighted by Gasteiger charge is 2.15. The Hall–Kier alpha value is -2.47. The average molecular weight is 299 g/mol. The van der Waals surface area contributed by atoms with Crippen molar-refractivity contribution in [3.63, 3.8) is 0 Å². The van der Waals surface area contributed by atoms with E-state index in [-0.39, 0.29) is 0 Å². The largest absolute Gasteiger partial charge is 0.465 e. The van der Waals surface area contributed by atoms with Crippen LogP contribution in [0.5, 0.6) is 0 Å². The van der Waals surface area contributed by atoms with Gasteiger partial charge in [0.1, 0.15) is 5.03 Å². The van der Waals surface area contributed by atoms with Crippen LogP contribution in [0.4, 0.5) is 5.69 Å². The number of carbonyl (C=O) groups excluding carboxylic acids is 1. The van der Waals surface area contributed by atoms with Crippen LogP contribution < -0.4 is 5.73 Å². The lowest BCUT2D eigenvalue weighted by Gasteiger charge is -2.06. The number of hydrogen-bond donors (Lipinski definition) is 2. The molecule has 2 heterocycles. The number of aromatic amines is 1. The van der Waals surface area contributed by atoms with Gasteiger partial charge in [-0.15, -0.1) is 0 Å². The van der Waals surface area contributed by atoms with Crippen molar-refractivity contribution in [3.05, 3.63) is 48.2 Å². The molecule has 1 aromatic carbocycles. The number of methoxy groups -OCH3 is 1. The molecule has 3 rings (SSSR count). The molecule has 5 nitrogen and oxygen atoms in total. The van der Waals surface area contributed by atoms with E-state index in [4.69, 9.17) is 10.5 Å². The van der Waals surface area contributed by atoms with Gasteiger partial charge < -0.3 is 15.5 Å². The Labute approximate surface area is 125 Å². The molecule has 3 N–H and O–H groups in total. The van der Waals surface area contributed by atoms with Crippen LogP contribution in [0.3, 0.4) is 0 Å². The summed E-state index contributed by atoms with van der Waals surface area (Å²) in [6, 6.07) is 11.5. The van der Waals surface area contributed by atoms with Crippen molar-refractivity contribution >= 4 is 34.3 Å². The quantitative estimate of drug-likeness (QED) is 0.726. The van der Waals surface area contributed by atoms with Gasteiger partial charge in [0.25, 0.3) is 0 Å². The van der Waals surface area contributed by atoms with Gasteiger partial charge in [-0.3, -0.25) is 0 Å². The number of carbonyl (C=O) groups is 1. The minimum atomic E-state index is -0.451. The van der Waals surface area contributed by atoms with Crippen molar-refractivity contribution in [2.75, 3.05) is 12.8 Å². The Morgan fingerprint density at radius 3 is 2.90 bits per heavy atom. The van der Waals surface area contributed by atoms with Gasteiger partial charge in [0.2, 0.25) is 0 Å². The number of aromatic nitrogens is 2. The number of nitrogen functional groups attached to an aromatic ring is 1. The predicted octanol–water partition coefficient (Wildman–Crippen LogP) is 3.08. The molecule has 0 fully saturated rings. The third-order valence-electron chi connectivity index (χ3n) is 2.99. The second-order valence-electron chi connectivity index (χ2n) is 4.44. The SMILES string of the molecule is COC(=O)c1cc(N)cnc1Sc1cc2ccccc2[nH]1. The summed E-state index contributed by atoms with van der Waals surface area (Å²) in [6.07, 6.45) is 1.53. The van der Waals surface area contributed by atoms with Crippen molar-refractivity contribution in [1.82, 2.24) is 9.97 Å². The first-order valence-corrected chi connectivity index (χ1v) is 7.08. The number of ether oxygens (including phenoxy) is 1. The first-order valence-electron chi connectivity index (χ1n) is 6.27. The molecule has 3 aromatic rings. The van der Waals surface area contributed by atoms with Crippen molar-refractivity contribution in [2.24, 2.45) is 0 Å². The topological polar surface area (TPSA) is 81.0 Å². The number of anilines is 1. The van der Waals surface area contributed by atoms with Gasteiger partial charge in [0.15, 0.2) is 0 Å². The van der Waals surface area contributed by atoms with Crippen LogP contribution in [-0.2, 0) is 4.74 Å². The molecule has 0 saturated carbocycles. The Morgan fingerprint density at radius 2 is 2.14 bits per heavy atom. The van der Waals surface area contributed by atoms with E-state index in [0.29, 0.717) is 16.3 Å². The molecule has 21 heavy (non-hydrogen) atoms. The average Bonchev–Trinajstić information content (AvgIpc) is 2.90. The van der Waals surface area contributed by atoms with E-state index < -0.39 is 5.97 Å². The lowest BCUT2D eigenvalue weighted by Crippen LogP contribution is -2.05. The van der Waals surface area contributed by atoms with E-state index in [9.17, 15) is 4.79 Å². The van der Waals surface area contributed by atoms with Crippen LogP contribution in [0.1, 0.15) is 10.4 Å². The van der Waals surface area contributed by atoms with Gasteiger partial charge in [0, 0.05) is 10.9 Å². The van der Waals surface area contributed by atoms with Crippen LogP contribution in [0, 0.1) is 0 Å². The molecule has 0 atom stereocenters. The number of nitrogens with one attached hydrogen (secondary N) is 1. The minimum Gasteiger partial charge on any atom is -0.465 e. The van der Waals surface area contributed by atoms with Gasteiger partial charge >= 0.3 is 5.97 Å². The Morgan fingerprint density at radius 1 is 1.33 bits per heavy atom. The monoisotopic (exact) mass is 299 g/mol. The Bertz CT molecular complexity index is 781. The third kappa shape index (κ3) is 2.71. The first-order chi connectivity index (χ1) is 10.2. The lowest BCUT2D eigenvalue weighted by atomic mass is 10.3. The summed E-state index contributed by atoms with van der Waals surface area (Å²) in [5.41, 5.74) is 7.51. The molecule has 6 heteroatoms. The summed E-state index contributed by atoms with van der Waals surface area (Å²) in [6.45, 7) is 0. The zero-order valence-electron chi connectivity index (χ0n) is 11.3. The van der Waals surface area contributed by atoms with Gasteiger partial charge in [-0.25, -0.2) is 9.78 Å². The maximum atomic E-state index is 11.8. The number of nitrogens with zero attached hydrogens (tertiary/aromatic N) is 1. The Balaban J connectivity index is 1.99. The van der Waals surface area contributed by atoms with Gasteiger partial charge in [-0.1, -0.05) is 30.0 Å². The van der Waals surface area contributed by atoms with Crippen molar-refractivity contribution < 1.29 is 9.53 Å². The predicted molar refractivity (Wildman–Crippen MR) is 82.4 cm³/mol. The number of pyridine rings is 1. The smallest absolute Gasteiger partial charge is 0.340 e. The highest BCUT2D eigenvalue weighted by atomic mass is 32.2. The molecule has 0 aliphatic carbocycles. The zero-order chi connectivity index (χ0) is 14.8. The van der Waals surface area contributed by atoms with Gasteiger partial charge in [-0.05, 0) is 18.2 Å². The summed E-state index contributed by atoms with van der Waals surface area (Å²) < 4.78 is 4.77. The molecule has 0 spiro atoms. The molecule has 0 aliphatic heterocycles. The summed E-state index contributed by atoms with van der Waals surface area (Å²) in [5, 5.41) is 2.57. The van der Waals surface area contributed by atoms with E-state index in [0.717, 1.165) is 15.9 Å². The van der Waals surface area contributed by atoms with E-state index >= 15 is 0 Å². The van der Waals surface area contributed by atoms with Crippen LogP contribution in [-0.4, -0.2) is 23.0 Å². The molecular weight excluding hydrogens is 286 g/mol. The second kappa shape index (κ2) is 5.49. The number of rotatable bonds is 3. The fourth-order valence-corrected chi connectivity index (χ4v) is 2.92. The van der Waals surface area contributed by atoms with Crippen LogP contribution >= 0.6 is 11.8 Å². The fraction of sp³-hybridized carbons (Fsp3) is 0.0667. The van der Waals surface area contributed by atoms with Crippen molar-refractivity contribution in [2.45, 2.75) is 10.1 Å². The number of H-pyrrole nitrogens is 1. The molecule has 2 aromatic heterocycles. The van der Waals surface area contributed by atoms with E-state index in [1.807, 2.05) is 30.3 Å². The Kier molecular flexibility index (Phi) is 3.53. The van der Waals surface area contributed by atoms with E-state index in [2.05, 4.69) is 9.97 Å². The normalized spacial score (nSPS) is 10.7. The molecule has 0 aliphatic rings. The van der Waals surface area contributed by atoms with Crippen LogP contribution in [0.2, 0.25) is 0 Å². The molecule has 0 radical (unpaired) electrons. The van der Waals surface area contributed by atoms with Crippen molar-refractivity contribution in [1.29, 1.82) is 0 Å². The van der Waals surface area contributed by atoms with Crippen LogP contribution in [0.25, 0.3) is 10.9 Å². The molecule has 0 saturated heterocycles. The third-order valence-corrected chi connectivity index (χ3v) is 3.95. The number of benzene rings is 1. The maximum absolute atomic E-state index is 11.8. The zero-order valence-corrected chi connectivity index (χ0v) is 12.1. The van der Waals surface area contributed by atoms with E-state index in [1.54, 1.807) is 6.07 Å². The summed E-state index contributed by atoms with van der Waals surface area (Å²) in [7, 11) is 1.34. The van der Waals surface area contributed by atoms with Gasteiger partial charge in [0.05, 0.1) is 29.6 Å². The molecule has 0 amide bonds. The molecule has 0 unspecified atom stereocenters. The number of nitrogens with two attached hydrogens (primary N) is 1. The van der Waals surface area contributed by atoms with Gasteiger partial charge in [-0.2, -0.15) is 0 Å². The maximum Gasteiger partial charge on any atom is 0.340 e. The minimum absolute atomic E-state index is 0.362. The number of para-hydroxylation sites is 1. The highest BCUT2D eigenvalue weighted by molar-refractivity contribution is 7.99. The number of fused-ring (bicyclic) bond motifs is 1. The standard InChI is InChI=1S/C15H13N3O2S/c1-20-15(19)11-7-10(16)8-17-14(11)21-13-6-9-4-2-3-5-12(9)18-13/h2-8,18H,16H2,1H3. The highest BCUT2D eigenvalue weighted by Crippen LogP contribution is 2.31. The number of esters is 1. The molecule has 106 valence electrons. The molecular formula is C15H13N3O2S. The van der Waals surface area contributed by atoms with Crippen LogP contribution in [0.15, 0.2) is 52.6 Å².